The number of carbonyl (C=O) groups excluding carboxylic acids is 1. The summed E-state index contributed by atoms with van der Waals surface area (Å²) in [5, 5.41) is 0. The van der Waals surface area contributed by atoms with Crippen LogP contribution in [0.1, 0.15) is 49.3 Å². The van der Waals surface area contributed by atoms with Gasteiger partial charge in [-0.1, -0.05) is 37.8 Å². The van der Waals surface area contributed by atoms with Crippen molar-refractivity contribution in [1.29, 1.82) is 0 Å². The molecule has 2 saturated heterocycles. The van der Waals surface area contributed by atoms with E-state index in [9.17, 15) is 4.79 Å². The van der Waals surface area contributed by atoms with Crippen molar-refractivity contribution in [3.63, 3.8) is 0 Å². The minimum atomic E-state index is -0.0168. The second kappa shape index (κ2) is 8.11. The fraction of sp³-hybridized carbons (Fsp3) is 0.500. The third kappa shape index (κ3) is 3.97. The highest BCUT2D eigenvalue weighted by molar-refractivity contribution is 8.26. The average Bonchev–Trinajstić information content (AvgIpc) is 3.20. The van der Waals surface area contributed by atoms with Crippen molar-refractivity contribution >= 4 is 40.3 Å². The summed E-state index contributed by atoms with van der Waals surface area (Å²) in [5.41, 5.74) is 3.25. The van der Waals surface area contributed by atoms with Gasteiger partial charge in [0.2, 0.25) is 0 Å². The number of methoxy groups -OCH3 is 1. The van der Waals surface area contributed by atoms with Gasteiger partial charge in [-0.05, 0) is 60.6 Å². The molecule has 0 N–H and O–H groups in total. The number of thioether (sulfide) groups is 1. The molecule has 2 fully saturated rings. The Kier molecular flexibility index (Phi) is 6.05. The largest absolute Gasteiger partial charge is 0.496 e. The van der Waals surface area contributed by atoms with Gasteiger partial charge in [0.1, 0.15) is 10.1 Å². The van der Waals surface area contributed by atoms with Gasteiger partial charge in [-0.3, -0.25) is 9.69 Å². The number of amides is 1. The Labute approximate surface area is 164 Å². The number of nitrogens with zero attached hydrogens (tertiary/aromatic N) is 1. The summed E-state index contributed by atoms with van der Waals surface area (Å²) in [6.45, 7) is 7.64. The maximum atomic E-state index is 12.8. The van der Waals surface area contributed by atoms with Crippen LogP contribution in [0, 0.1) is 6.92 Å². The van der Waals surface area contributed by atoms with Crippen LogP contribution in [0.15, 0.2) is 17.0 Å². The molecule has 0 saturated carbocycles. The quantitative estimate of drug-likeness (QED) is 0.545. The van der Waals surface area contributed by atoms with Gasteiger partial charge in [-0.2, -0.15) is 0 Å². The van der Waals surface area contributed by atoms with E-state index >= 15 is 0 Å². The normalized spacial score (nSPS) is 22.1. The van der Waals surface area contributed by atoms with Gasteiger partial charge >= 0.3 is 0 Å². The second-order valence-corrected chi connectivity index (χ2v) is 8.71. The Hall–Kier alpha value is -1.37. The lowest BCUT2D eigenvalue weighted by Gasteiger charge is -2.18. The smallest absolute Gasteiger partial charge is 0.266 e. The fourth-order valence-electron chi connectivity index (χ4n) is 3.29. The highest BCUT2D eigenvalue weighted by Crippen LogP contribution is 2.36. The standard InChI is InChI=1S/C20H25NO3S2/c1-12(2)16-9-14(13(3)8-17(16)23-4)10-18-19(22)21(20(25)26-18)11-15-6-5-7-24-15/h8-10,12,15H,5-7,11H2,1-4H3/b18-10-/t15-/m0/s1. The molecule has 1 aromatic rings. The van der Waals surface area contributed by atoms with Gasteiger partial charge in [-0.15, -0.1) is 0 Å². The Morgan fingerprint density at radius 2 is 2.23 bits per heavy atom. The van der Waals surface area contributed by atoms with Crippen molar-refractivity contribution < 1.29 is 14.3 Å². The molecule has 2 aliphatic heterocycles. The van der Waals surface area contributed by atoms with Crippen molar-refractivity contribution in [2.24, 2.45) is 0 Å². The second-order valence-electron chi connectivity index (χ2n) is 7.03. The summed E-state index contributed by atoms with van der Waals surface area (Å²) in [6.07, 6.45) is 4.10. The molecule has 140 valence electrons. The average molecular weight is 392 g/mol. The maximum absolute atomic E-state index is 12.8. The number of hydrogen-bond acceptors (Lipinski definition) is 5. The first kappa shape index (κ1) is 19.4. The van der Waals surface area contributed by atoms with Crippen molar-refractivity contribution in [1.82, 2.24) is 4.90 Å². The van der Waals surface area contributed by atoms with E-state index in [4.69, 9.17) is 21.7 Å². The monoisotopic (exact) mass is 391 g/mol. The van der Waals surface area contributed by atoms with E-state index in [1.54, 1.807) is 12.0 Å². The molecule has 1 atom stereocenters. The highest BCUT2D eigenvalue weighted by Gasteiger charge is 2.34. The fourth-order valence-corrected chi connectivity index (χ4v) is 4.56. The van der Waals surface area contributed by atoms with Gasteiger partial charge in [-0.25, -0.2) is 0 Å². The van der Waals surface area contributed by atoms with E-state index < -0.39 is 0 Å². The molecule has 26 heavy (non-hydrogen) atoms. The predicted octanol–water partition coefficient (Wildman–Crippen LogP) is 4.51. The molecule has 0 aliphatic carbocycles. The van der Waals surface area contributed by atoms with Crippen LogP contribution in [-0.4, -0.2) is 41.5 Å². The number of ether oxygens (including phenoxy) is 2. The molecule has 3 rings (SSSR count). The van der Waals surface area contributed by atoms with Crippen LogP contribution in [-0.2, 0) is 9.53 Å². The lowest BCUT2D eigenvalue weighted by molar-refractivity contribution is -0.123. The van der Waals surface area contributed by atoms with Crippen molar-refractivity contribution in [3.8, 4) is 5.75 Å². The minimum Gasteiger partial charge on any atom is -0.496 e. The van der Waals surface area contributed by atoms with Crippen LogP contribution in [0.3, 0.4) is 0 Å². The first-order valence-corrected chi connectivity index (χ1v) is 10.2. The van der Waals surface area contributed by atoms with Crippen LogP contribution in [0.4, 0.5) is 0 Å². The van der Waals surface area contributed by atoms with Gasteiger partial charge in [0.25, 0.3) is 5.91 Å². The molecule has 1 aromatic carbocycles. The molecule has 4 nitrogen and oxygen atoms in total. The highest BCUT2D eigenvalue weighted by atomic mass is 32.2. The minimum absolute atomic E-state index is 0.0168. The summed E-state index contributed by atoms with van der Waals surface area (Å²) in [4.78, 5) is 15.2. The Bertz CT molecular complexity index is 752. The van der Waals surface area contributed by atoms with Crippen molar-refractivity contribution in [2.45, 2.75) is 45.6 Å². The molecule has 2 aliphatic rings. The number of hydrogen-bond donors (Lipinski definition) is 0. The zero-order valence-electron chi connectivity index (χ0n) is 15.7. The van der Waals surface area contributed by atoms with Gasteiger partial charge in [0.05, 0.1) is 24.7 Å². The van der Waals surface area contributed by atoms with E-state index in [2.05, 4.69) is 19.9 Å². The SMILES string of the molecule is COc1cc(C)c(/C=C2\SC(=S)N(C[C@@H]3CCCO3)C2=O)cc1C(C)C. The zero-order valence-corrected chi connectivity index (χ0v) is 17.3. The van der Waals surface area contributed by atoms with E-state index in [1.165, 1.54) is 11.8 Å². The summed E-state index contributed by atoms with van der Waals surface area (Å²) < 4.78 is 11.8. The van der Waals surface area contributed by atoms with E-state index in [-0.39, 0.29) is 12.0 Å². The number of aryl methyl sites for hydroxylation is 1. The summed E-state index contributed by atoms with van der Waals surface area (Å²) in [5.74, 6) is 1.21. The molecular weight excluding hydrogens is 366 g/mol. The lowest BCUT2D eigenvalue weighted by Crippen LogP contribution is -2.35. The third-order valence-corrected chi connectivity index (χ3v) is 6.19. The number of benzene rings is 1. The lowest BCUT2D eigenvalue weighted by atomic mass is 9.96. The topological polar surface area (TPSA) is 38.8 Å². The Morgan fingerprint density at radius 3 is 2.85 bits per heavy atom. The van der Waals surface area contributed by atoms with Gasteiger partial charge < -0.3 is 9.47 Å². The molecule has 2 heterocycles. The molecule has 0 unspecified atom stereocenters. The van der Waals surface area contributed by atoms with Crippen molar-refractivity contribution in [3.05, 3.63) is 33.7 Å². The van der Waals surface area contributed by atoms with Crippen LogP contribution >= 0.6 is 24.0 Å². The molecule has 6 heteroatoms. The molecule has 0 bridgehead atoms. The molecule has 0 radical (unpaired) electrons. The van der Waals surface area contributed by atoms with Crippen LogP contribution in [0.2, 0.25) is 0 Å². The number of carbonyl (C=O) groups is 1. The van der Waals surface area contributed by atoms with E-state index in [0.717, 1.165) is 41.9 Å². The summed E-state index contributed by atoms with van der Waals surface area (Å²) in [7, 11) is 1.69. The molecule has 0 aromatic heterocycles. The van der Waals surface area contributed by atoms with Crippen molar-refractivity contribution in [2.75, 3.05) is 20.3 Å². The third-order valence-electron chi connectivity index (χ3n) is 4.81. The maximum Gasteiger partial charge on any atom is 0.266 e. The molecular formula is C20H25NO3S2. The van der Waals surface area contributed by atoms with E-state index in [1.807, 2.05) is 19.1 Å². The van der Waals surface area contributed by atoms with Crippen LogP contribution in [0.25, 0.3) is 6.08 Å². The summed E-state index contributed by atoms with van der Waals surface area (Å²) in [6, 6.07) is 4.15. The molecule has 0 spiro atoms. The Morgan fingerprint density at radius 1 is 1.46 bits per heavy atom. The Balaban J connectivity index is 1.86. The van der Waals surface area contributed by atoms with Gasteiger partial charge in [0.15, 0.2) is 0 Å². The summed E-state index contributed by atoms with van der Waals surface area (Å²) >= 11 is 6.81. The van der Waals surface area contributed by atoms with E-state index in [0.29, 0.717) is 21.7 Å². The van der Waals surface area contributed by atoms with Gasteiger partial charge in [0, 0.05) is 6.61 Å². The first-order chi connectivity index (χ1) is 12.4. The van der Waals surface area contributed by atoms with Crippen LogP contribution < -0.4 is 4.74 Å². The van der Waals surface area contributed by atoms with Crippen LogP contribution in [0.5, 0.6) is 5.75 Å². The number of thiocarbonyl (C=S) groups is 1. The first-order valence-electron chi connectivity index (χ1n) is 8.96. The predicted molar refractivity (Wildman–Crippen MR) is 111 cm³/mol. The number of rotatable bonds is 5. The molecule has 1 amide bonds. The zero-order chi connectivity index (χ0) is 18.8.